The summed E-state index contributed by atoms with van der Waals surface area (Å²) >= 11 is 0. The van der Waals surface area contributed by atoms with Crippen molar-refractivity contribution in [3.63, 3.8) is 0 Å². The van der Waals surface area contributed by atoms with Gasteiger partial charge in [-0.2, -0.15) is 0 Å². The van der Waals surface area contributed by atoms with Crippen LogP contribution in [0.3, 0.4) is 0 Å². The van der Waals surface area contributed by atoms with Crippen LogP contribution in [-0.4, -0.2) is 11.2 Å². The topological polar surface area (TPSA) is 57.2 Å². The molecule has 1 heterocycles. The molecule has 0 bridgehead atoms. The van der Waals surface area contributed by atoms with E-state index < -0.39 is 0 Å². The third kappa shape index (κ3) is 3.88. The minimum absolute atomic E-state index is 0.0347. The molecular formula is C15H18N2O2. The highest BCUT2D eigenvalue weighted by Gasteiger charge is 1.97. The Balaban J connectivity index is 1.80. The summed E-state index contributed by atoms with van der Waals surface area (Å²) in [5.74, 6) is 0.797. The van der Waals surface area contributed by atoms with Gasteiger partial charge in [0.1, 0.15) is 5.75 Å². The second kappa shape index (κ2) is 6.09. The second-order valence-electron chi connectivity index (χ2n) is 4.51. The number of benzene rings is 1. The van der Waals surface area contributed by atoms with Crippen LogP contribution in [0.5, 0.6) is 5.75 Å². The van der Waals surface area contributed by atoms with Crippen LogP contribution in [-0.2, 0) is 6.54 Å². The summed E-state index contributed by atoms with van der Waals surface area (Å²) < 4.78 is 7.27. The van der Waals surface area contributed by atoms with Gasteiger partial charge < -0.3 is 15.0 Å². The zero-order valence-electron chi connectivity index (χ0n) is 11.0. The minimum Gasteiger partial charge on any atom is -0.494 e. The molecule has 2 N–H and O–H groups in total. The number of nitrogens with two attached hydrogens (primary N) is 1. The van der Waals surface area contributed by atoms with Gasteiger partial charge in [-0.25, -0.2) is 0 Å². The van der Waals surface area contributed by atoms with E-state index in [0.29, 0.717) is 13.2 Å². The standard InChI is InChI=1S/C15H18N2O2/c1-12-7-9-17(15(18)11-12)8-2-10-19-14-5-3-13(16)4-6-14/h3-7,9,11H,2,8,10,16H2,1H3. The summed E-state index contributed by atoms with van der Waals surface area (Å²) in [6.07, 6.45) is 2.61. The van der Waals surface area contributed by atoms with Gasteiger partial charge in [-0.05, 0) is 49.2 Å². The van der Waals surface area contributed by atoms with Gasteiger partial charge in [0.25, 0.3) is 5.56 Å². The van der Waals surface area contributed by atoms with Gasteiger partial charge in [0, 0.05) is 24.5 Å². The smallest absolute Gasteiger partial charge is 0.250 e. The highest BCUT2D eigenvalue weighted by Crippen LogP contribution is 2.13. The molecule has 0 saturated heterocycles. The summed E-state index contributed by atoms with van der Waals surface area (Å²) in [7, 11) is 0. The fourth-order valence-electron chi connectivity index (χ4n) is 1.78. The molecule has 100 valence electrons. The first kappa shape index (κ1) is 13.2. The average Bonchev–Trinajstić information content (AvgIpc) is 2.39. The van der Waals surface area contributed by atoms with E-state index in [2.05, 4.69) is 0 Å². The highest BCUT2D eigenvalue weighted by molar-refractivity contribution is 5.41. The van der Waals surface area contributed by atoms with Gasteiger partial charge in [0.2, 0.25) is 0 Å². The molecule has 1 aromatic carbocycles. The minimum atomic E-state index is 0.0347. The number of hydrogen-bond donors (Lipinski definition) is 1. The van der Waals surface area contributed by atoms with Crippen molar-refractivity contribution in [1.82, 2.24) is 4.57 Å². The van der Waals surface area contributed by atoms with E-state index in [-0.39, 0.29) is 5.56 Å². The van der Waals surface area contributed by atoms with E-state index >= 15 is 0 Å². The van der Waals surface area contributed by atoms with Crippen molar-refractivity contribution in [3.05, 3.63) is 58.5 Å². The Bertz CT molecular complexity index is 588. The lowest BCUT2D eigenvalue weighted by atomic mass is 10.3. The summed E-state index contributed by atoms with van der Waals surface area (Å²) in [6, 6.07) is 10.9. The van der Waals surface area contributed by atoms with E-state index in [1.54, 1.807) is 22.8 Å². The summed E-state index contributed by atoms with van der Waals surface area (Å²) in [6.45, 7) is 3.15. The van der Waals surface area contributed by atoms with Crippen LogP contribution >= 0.6 is 0 Å². The zero-order chi connectivity index (χ0) is 13.7. The Labute approximate surface area is 112 Å². The number of ether oxygens (including phenoxy) is 1. The monoisotopic (exact) mass is 258 g/mol. The third-order valence-corrected chi connectivity index (χ3v) is 2.84. The van der Waals surface area contributed by atoms with Crippen LogP contribution in [0.4, 0.5) is 5.69 Å². The largest absolute Gasteiger partial charge is 0.494 e. The molecule has 0 amide bonds. The Hall–Kier alpha value is -2.23. The molecule has 0 aliphatic rings. The average molecular weight is 258 g/mol. The van der Waals surface area contributed by atoms with Gasteiger partial charge in [-0.3, -0.25) is 4.79 Å². The molecule has 19 heavy (non-hydrogen) atoms. The first-order valence-electron chi connectivity index (χ1n) is 6.30. The van der Waals surface area contributed by atoms with E-state index in [9.17, 15) is 4.79 Å². The van der Waals surface area contributed by atoms with E-state index in [1.807, 2.05) is 31.3 Å². The molecule has 0 aliphatic heterocycles. The lowest BCUT2D eigenvalue weighted by molar-refractivity contribution is 0.301. The van der Waals surface area contributed by atoms with Gasteiger partial charge >= 0.3 is 0 Å². The number of pyridine rings is 1. The molecule has 4 nitrogen and oxygen atoms in total. The van der Waals surface area contributed by atoms with E-state index in [0.717, 1.165) is 23.4 Å². The Morgan fingerprint density at radius 3 is 2.63 bits per heavy atom. The van der Waals surface area contributed by atoms with Gasteiger partial charge in [0.05, 0.1) is 6.61 Å². The SMILES string of the molecule is Cc1ccn(CCCOc2ccc(N)cc2)c(=O)c1. The Kier molecular flexibility index (Phi) is 4.23. The number of hydrogen-bond acceptors (Lipinski definition) is 3. The molecule has 0 radical (unpaired) electrons. The maximum Gasteiger partial charge on any atom is 0.250 e. The molecule has 0 atom stereocenters. The second-order valence-corrected chi connectivity index (χ2v) is 4.51. The molecule has 0 fully saturated rings. The number of rotatable bonds is 5. The summed E-state index contributed by atoms with van der Waals surface area (Å²) in [5.41, 5.74) is 7.33. The van der Waals surface area contributed by atoms with Gasteiger partial charge in [-0.1, -0.05) is 0 Å². The van der Waals surface area contributed by atoms with Crippen molar-refractivity contribution in [1.29, 1.82) is 0 Å². The van der Waals surface area contributed by atoms with Crippen LogP contribution in [0.15, 0.2) is 47.4 Å². The Morgan fingerprint density at radius 1 is 1.21 bits per heavy atom. The Morgan fingerprint density at radius 2 is 1.95 bits per heavy atom. The van der Waals surface area contributed by atoms with E-state index in [1.165, 1.54) is 0 Å². The third-order valence-electron chi connectivity index (χ3n) is 2.84. The molecule has 0 saturated carbocycles. The van der Waals surface area contributed by atoms with Crippen LogP contribution < -0.4 is 16.0 Å². The number of aromatic nitrogens is 1. The maximum absolute atomic E-state index is 11.6. The number of nitrogen functional groups attached to an aromatic ring is 1. The molecule has 2 aromatic rings. The fraction of sp³-hybridized carbons (Fsp3) is 0.267. The van der Waals surface area contributed by atoms with Crippen LogP contribution in [0, 0.1) is 6.92 Å². The van der Waals surface area contributed by atoms with Crippen molar-refractivity contribution in [2.75, 3.05) is 12.3 Å². The number of aryl methyl sites for hydroxylation is 2. The van der Waals surface area contributed by atoms with Crippen molar-refractivity contribution in [2.24, 2.45) is 0 Å². The fourth-order valence-corrected chi connectivity index (χ4v) is 1.78. The van der Waals surface area contributed by atoms with Crippen LogP contribution in [0.25, 0.3) is 0 Å². The molecule has 0 aliphatic carbocycles. The molecular weight excluding hydrogens is 240 g/mol. The molecule has 0 unspecified atom stereocenters. The van der Waals surface area contributed by atoms with Gasteiger partial charge in [0.15, 0.2) is 0 Å². The quantitative estimate of drug-likeness (QED) is 0.660. The highest BCUT2D eigenvalue weighted by atomic mass is 16.5. The number of nitrogens with zero attached hydrogens (tertiary/aromatic N) is 1. The van der Waals surface area contributed by atoms with Crippen LogP contribution in [0.1, 0.15) is 12.0 Å². The van der Waals surface area contributed by atoms with Crippen molar-refractivity contribution < 1.29 is 4.74 Å². The summed E-state index contributed by atoms with van der Waals surface area (Å²) in [4.78, 5) is 11.6. The molecule has 1 aromatic heterocycles. The zero-order valence-corrected chi connectivity index (χ0v) is 11.0. The predicted molar refractivity (Wildman–Crippen MR) is 76.4 cm³/mol. The molecule has 0 spiro atoms. The lowest BCUT2D eigenvalue weighted by Crippen LogP contribution is -2.19. The normalized spacial score (nSPS) is 10.4. The first-order chi connectivity index (χ1) is 9.15. The predicted octanol–water partition coefficient (Wildman–Crippen LogP) is 2.21. The maximum atomic E-state index is 11.6. The summed E-state index contributed by atoms with van der Waals surface area (Å²) in [5, 5.41) is 0. The molecule has 4 heteroatoms. The van der Waals surface area contributed by atoms with Crippen LogP contribution in [0.2, 0.25) is 0 Å². The van der Waals surface area contributed by atoms with E-state index in [4.69, 9.17) is 10.5 Å². The van der Waals surface area contributed by atoms with Crippen molar-refractivity contribution in [3.8, 4) is 5.75 Å². The first-order valence-corrected chi connectivity index (χ1v) is 6.30. The van der Waals surface area contributed by atoms with Crippen molar-refractivity contribution in [2.45, 2.75) is 19.9 Å². The molecule has 2 rings (SSSR count). The van der Waals surface area contributed by atoms with Gasteiger partial charge in [-0.15, -0.1) is 0 Å². The lowest BCUT2D eigenvalue weighted by Gasteiger charge is -2.08. The van der Waals surface area contributed by atoms with Crippen molar-refractivity contribution >= 4 is 5.69 Å². The number of anilines is 1.